The summed E-state index contributed by atoms with van der Waals surface area (Å²) in [6, 6.07) is 14.4. The van der Waals surface area contributed by atoms with E-state index in [1.54, 1.807) is 6.07 Å². The molecule has 0 radical (unpaired) electrons. The fraction of sp³-hybridized carbons (Fsp3) is 0.423. The highest BCUT2D eigenvalue weighted by Crippen LogP contribution is 2.35. The maximum Gasteiger partial charge on any atom is 0.335 e. The van der Waals surface area contributed by atoms with Gasteiger partial charge in [-0.25, -0.2) is 4.79 Å². The highest BCUT2D eigenvalue weighted by atomic mass is 19.1. The van der Waals surface area contributed by atoms with E-state index in [9.17, 15) is 14.3 Å². The SMILES string of the molecule is CC1=C(c2ccc(CC3CN(CCCF)C3)cc2)c2ccc(C(=O)O)cc2CCC1. The number of rotatable bonds is 7. The minimum absolute atomic E-state index is 0.224. The van der Waals surface area contributed by atoms with Crippen LogP contribution < -0.4 is 0 Å². The Morgan fingerprint density at radius 3 is 2.60 bits per heavy atom. The van der Waals surface area contributed by atoms with Gasteiger partial charge in [0.15, 0.2) is 0 Å². The van der Waals surface area contributed by atoms with Gasteiger partial charge >= 0.3 is 5.97 Å². The molecule has 1 N–H and O–H groups in total. The molecule has 0 aromatic heterocycles. The van der Waals surface area contributed by atoms with Crippen molar-refractivity contribution in [3.63, 3.8) is 0 Å². The van der Waals surface area contributed by atoms with Crippen molar-refractivity contribution in [2.75, 3.05) is 26.3 Å². The summed E-state index contributed by atoms with van der Waals surface area (Å²) in [5.74, 6) is -0.197. The minimum atomic E-state index is -0.868. The van der Waals surface area contributed by atoms with Crippen LogP contribution >= 0.6 is 0 Å². The number of carboxylic acids is 1. The van der Waals surface area contributed by atoms with Crippen LogP contribution in [0.3, 0.4) is 0 Å². The second-order valence-corrected chi connectivity index (χ2v) is 8.76. The number of hydrogen-bond donors (Lipinski definition) is 1. The molecule has 1 saturated heterocycles. The Morgan fingerprint density at radius 2 is 1.90 bits per heavy atom. The highest BCUT2D eigenvalue weighted by Gasteiger charge is 2.26. The van der Waals surface area contributed by atoms with Crippen LogP contribution in [0.25, 0.3) is 5.57 Å². The number of likely N-dealkylation sites (tertiary alicyclic amines) is 1. The summed E-state index contributed by atoms with van der Waals surface area (Å²) < 4.78 is 12.3. The number of hydrogen-bond acceptors (Lipinski definition) is 2. The normalized spacial score (nSPS) is 17.4. The van der Waals surface area contributed by atoms with Gasteiger partial charge in [-0.1, -0.05) is 35.9 Å². The molecule has 0 unspecified atom stereocenters. The Labute approximate surface area is 178 Å². The fourth-order valence-electron chi connectivity index (χ4n) is 4.89. The molecule has 4 rings (SSSR count). The van der Waals surface area contributed by atoms with Gasteiger partial charge in [0.2, 0.25) is 0 Å². The number of halogens is 1. The van der Waals surface area contributed by atoms with Crippen LogP contribution in [0.4, 0.5) is 4.39 Å². The lowest BCUT2D eigenvalue weighted by atomic mass is 9.88. The van der Waals surface area contributed by atoms with Crippen molar-refractivity contribution in [1.29, 1.82) is 0 Å². The molecule has 0 bridgehead atoms. The molecule has 1 fully saturated rings. The predicted molar refractivity (Wildman–Crippen MR) is 119 cm³/mol. The average Bonchev–Trinajstić information content (AvgIpc) is 2.87. The lowest BCUT2D eigenvalue weighted by Gasteiger charge is -2.39. The Morgan fingerprint density at radius 1 is 1.13 bits per heavy atom. The van der Waals surface area contributed by atoms with Crippen molar-refractivity contribution in [1.82, 2.24) is 4.90 Å². The maximum atomic E-state index is 12.3. The Bertz CT molecular complexity index is 942. The Hall–Kier alpha value is -2.46. The van der Waals surface area contributed by atoms with Crippen LogP contribution in [0.5, 0.6) is 0 Å². The predicted octanol–water partition coefficient (Wildman–Crippen LogP) is 5.38. The van der Waals surface area contributed by atoms with Crippen molar-refractivity contribution in [2.24, 2.45) is 5.92 Å². The summed E-state index contributed by atoms with van der Waals surface area (Å²) in [6.07, 6.45) is 4.71. The second-order valence-electron chi connectivity index (χ2n) is 8.76. The lowest BCUT2D eigenvalue weighted by molar-refractivity contribution is 0.0696. The summed E-state index contributed by atoms with van der Waals surface area (Å²) in [4.78, 5) is 13.7. The number of carboxylic acid groups (broad SMARTS) is 1. The first-order valence-electron chi connectivity index (χ1n) is 11.0. The van der Waals surface area contributed by atoms with E-state index in [0.717, 1.165) is 50.9 Å². The Kier molecular flexibility index (Phi) is 6.33. The number of nitrogens with zero attached hydrogens (tertiary/aromatic N) is 1. The number of alkyl halides is 1. The molecule has 0 amide bonds. The third kappa shape index (κ3) is 4.49. The van der Waals surface area contributed by atoms with Crippen LogP contribution in [-0.2, 0) is 12.8 Å². The number of fused-ring (bicyclic) bond motifs is 1. The van der Waals surface area contributed by atoms with E-state index in [-0.39, 0.29) is 6.67 Å². The van der Waals surface area contributed by atoms with Gasteiger partial charge in [-0.2, -0.15) is 0 Å². The van der Waals surface area contributed by atoms with Crippen molar-refractivity contribution < 1.29 is 14.3 Å². The molecule has 0 spiro atoms. The molecular formula is C26H30FNO2. The zero-order valence-corrected chi connectivity index (χ0v) is 17.7. The molecule has 3 nitrogen and oxygen atoms in total. The summed E-state index contributed by atoms with van der Waals surface area (Å²) in [5.41, 5.74) is 7.85. The van der Waals surface area contributed by atoms with Crippen LogP contribution in [0.2, 0.25) is 0 Å². The van der Waals surface area contributed by atoms with Gasteiger partial charge in [0, 0.05) is 19.6 Å². The summed E-state index contributed by atoms with van der Waals surface area (Å²) in [5, 5.41) is 9.35. The van der Waals surface area contributed by atoms with E-state index in [1.165, 1.54) is 27.8 Å². The number of aromatic carboxylic acids is 1. The third-order valence-corrected chi connectivity index (χ3v) is 6.45. The minimum Gasteiger partial charge on any atom is -0.478 e. The van der Waals surface area contributed by atoms with E-state index in [4.69, 9.17) is 0 Å². The van der Waals surface area contributed by atoms with Crippen LogP contribution in [0.15, 0.2) is 48.0 Å². The zero-order valence-electron chi connectivity index (χ0n) is 17.7. The number of allylic oxidation sites excluding steroid dienone is 1. The largest absolute Gasteiger partial charge is 0.478 e. The highest BCUT2D eigenvalue weighted by molar-refractivity contribution is 5.90. The first kappa shape index (κ1) is 20.8. The number of carbonyl (C=O) groups is 1. The van der Waals surface area contributed by atoms with E-state index in [1.807, 2.05) is 12.1 Å². The van der Waals surface area contributed by atoms with E-state index < -0.39 is 5.97 Å². The molecule has 0 saturated carbocycles. The topological polar surface area (TPSA) is 40.5 Å². The molecule has 2 aliphatic rings. The summed E-state index contributed by atoms with van der Waals surface area (Å²) >= 11 is 0. The number of aryl methyl sites for hydroxylation is 1. The average molecular weight is 408 g/mol. The molecule has 158 valence electrons. The summed E-state index contributed by atoms with van der Waals surface area (Å²) in [6.45, 7) is 5.00. The van der Waals surface area contributed by atoms with Crippen molar-refractivity contribution in [3.8, 4) is 0 Å². The quantitative estimate of drug-likeness (QED) is 0.670. The van der Waals surface area contributed by atoms with E-state index in [2.05, 4.69) is 36.1 Å². The molecule has 2 aromatic carbocycles. The van der Waals surface area contributed by atoms with Gasteiger partial charge in [0.1, 0.15) is 0 Å². The molecule has 30 heavy (non-hydrogen) atoms. The smallest absolute Gasteiger partial charge is 0.335 e. The van der Waals surface area contributed by atoms with Crippen molar-refractivity contribution >= 4 is 11.5 Å². The van der Waals surface area contributed by atoms with E-state index in [0.29, 0.717) is 17.9 Å². The van der Waals surface area contributed by atoms with Crippen molar-refractivity contribution in [2.45, 2.75) is 39.0 Å². The lowest BCUT2D eigenvalue weighted by Crippen LogP contribution is -2.47. The van der Waals surface area contributed by atoms with Crippen molar-refractivity contribution in [3.05, 3.63) is 75.9 Å². The second kappa shape index (κ2) is 9.13. The molecule has 1 aliphatic carbocycles. The maximum absolute atomic E-state index is 12.3. The summed E-state index contributed by atoms with van der Waals surface area (Å²) in [7, 11) is 0. The van der Waals surface area contributed by atoms with Gasteiger partial charge in [0.05, 0.1) is 12.2 Å². The van der Waals surface area contributed by atoms with E-state index >= 15 is 0 Å². The molecule has 4 heteroatoms. The first-order chi connectivity index (χ1) is 14.5. The van der Waals surface area contributed by atoms with Gasteiger partial charge in [-0.3, -0.25) is 4.39 Å². The van der Waals surface area contributed by atoms with Gasteiger partial charge < -0.3 is 10.0 Å². The molecule has 1 heterocycles. The first-order valence-corrected chi connectivity index (χ1v) is 11.0. The molecule has 2 aromatic rings. The standard InChI is InChI=1S/C26H30FNO2/c1-18-4-2-5-22-15-23(26(29)30)10-11-24(22)25(18)21-8-6-19(7-9-21)14-20-16-28(17-20)13-3-12-27/h6-11,15,20H,2-5,12-14,16-17H2,1H3,(H,29,30). The number of benzene rings is 2. The van der Waals surface area contributed by atoms with Gasteiger partial charge in [-0.05, 0) is 84.9 Å². The van der Waals surface area contributed by atoms with Crippen LogP contribution in [0, 0.1) is 5.92 Å². The molecule has 1 aliphatic heterocycles. The van der Waals surface area contributed by atoms with Gasteiger partial charge in [0.25, 0.3) is 0 Å². The zero-order chi connectivity index (χ0) is 21.1. The third-order valence-electron chi connectivity index (χ3n) is 6.45. The molecule has 0 atom stereocenters. The van der Waals surface area contributed by atoms with Crippen LogP contribution in [-0.4, -0.2) is 42.3 Å². The Balaban J connectivity index is 1.50. The molecular weight excluding hydrogens is 377 g/mol. The monoisotopic (exact) mass is 407 g/mol. The van der Waals surface area contributed by atoms with Crippen LogP contribution in [0.1, 0.15) is 58.8 Å². The fourth-order valence-corrected chi connectivity index (χ4v) is 4.89. The van der Waals surface area contributed by atoms with Gasteiger partial charge in [-0.15, -0.1) is 0 Å².